The molecule has 0 spiro atoms. The summed E-state index contributed by atoms with van der Waals surface area (Å²) < 4.78 is 0. The van der Waals surface area contributed by atoms with Gasteiger partial charge in [-0.15, -0.1) is 0 Å². The van der Waals surface area contributed by atoms with Crippen molar-refractivity contribution in [2.24, 2.45) is 5.92 Å². The lowest BCUT2D eigenvalue weighted by Gasteiger charge is -2.20. The fourth-order valence-electron chi connectivity index (χ4n) is 2.69. The van der Waals surface area contributed by atoms with Crippen molar-refractivity contribution in [3.63, 3.8) is 0 Å². The molecule has 1 aromatic carbocycles. The Morgan fingerprint density at radius 1 is 1.42 bits per heavy atom. The maximum absolute atomic E-state index is 9.21. The number of hydrogen-bond acceptors (Lipinski definition) is 3. The topological polar surface area (TPSA) is 35.5 Å². The molecule has 0 bridgehead atoms. The Balaban J connectivity index is 1.98. The predicted molar refractivity (Wildman–Crippen MR) is 80.6 cm³/mol. The monoisotopic (exact) mass is 262 g/mol. The van der Waals surface area contributed by atoms with Crippen LogP contribution in [0.15, 0.2) is 18.2 Å². The minimum absolute atomic E-state index is 0.314. The number of nitrogens with one attached hydrogen (secondary N) is 1. The van der Waals surface area contributed by atoms with E-state index in [0.29, 0.717) is 12.5 Å². The molecule has 1 aliphatic heterocycles. The summed E-state index contributed by atoms with van der Waals surface area (Å²) in [5, 5.41) is 12.7. The third-order valence-electron chi connectivity index (χ3n) is 3.98. The van der Waals surface area contributed by atoms with Gasteiger partial charge in [-0.1, -0.05) is 13.0 Å². The lowest BCUT2D eigenvalue weighted by molar-refractivity contribution is 0.238. The molecule has 0 aromatic heterocycles. The van der Waals surface area contributed by atoms with Crippen LogP contribution in [0.5, 0.6) is 0 Å². The Morgan fingerprint density at radius 3 is 2.89 bits per heavy atom. The first kappa shape index (κ1) is 14.4. The van der Waals surface area contributed by atoms with Gasteiger partial charge in [0.25, 0.3) is 0 Å². The van der Waals surface area contributed by atoms with Gasteiger partial charge >= 0.3 is 0 Å². The summed E-state index contributed by atoms with van der Waals surface area (Å²) in [6.45, 7) is 8.78. The number of aliphatic hydroxyl groups excluding tert-OH is 1. The number of aliphatic hydroxyl groups is 1. The molecule has 106 valence electrons. The Kier molecular flexibility index (Phi) is 5.23. The zero-order chi connectivity index (χ0) is 13.7. The normalized spacial score (nSPS) is 19.1. The smallest absolute Gasteiger partial charge is 0.0476 e. The minimum Gasteiger partial charge on any atom is -0.396 e. The van der Waals surface area contributed by atoms with Crippen molar-refractivity contribution in [1.82, 2.24) is 5.32 Å². The van der Waals surface area contributed by atoms with Crippen molar-refractivity contribution in [3.8, 4) is 0 Å². The molecular formula is C16H26N2O. The SMILES string of the molecule is CCCNCc1ccc(N2CCC(CO)C2)cc1C. The molecule has 3 heteroatoms. The van der Waals surface area contributed by atoms with Gasteiger partial charge in [-0.25, -0.2) is 0 Å². The summed E-state index contributed by atoms with van der Waals surface area (Å²) in [4.78, 5) is 2.39. The van der Waals surface area contributed by atoms with Gasteiger partial charge in [-0.05, 0) is 49.6 Å². The zero-order valence-corrected chi connectivity index (χ0v) is 12.2. The molecule has 0 amide bonds. The highest BCUT2D eigenvalue weighted by Gasteiger charge is 2.21. The first-order valence-electron chi connectivity index (χ1n) is 7.40. The molecule has 1 unspecified atom stereocenters. The molecule has 0 aliphatic carbocycles. The fraction of sp³-hybridized carbons (Fsp3) is 0.625. The lowest BCUT2D eigenvalue weighted by Crippen LogP contribution is -2.21. The van der Waals surface area contributed by atoms with E-state index in [4.69, 9.17) is 0 Å². The Bertz CT molecular complexity index is 406. The van der Waals surface area contributed by atoms with E-state index in [0.717, 1.165) is 32.6 Å². The first-order chi connectivity index (χ1) is 9.24. The highest BCUT2D eigenvalue weighted by atomic mass is 16.3. The van der Waals surface area contributed by atoms with Crippen LogP contribution in [0.3, 0.4) is 0 Å². The van der Waals surface area contributed by atoms with Crippen LogP contribution in [0, 0.1) is 12.8 Å². The van der Waals surface area contributed by atoms with E-state index in [1.807, 2.05) is 0 Å². The second kappa shape index (κ2) is 6.92. The second-order valence-corrected chi connectivity index (χ2v) is 5.57. The van der Waals surface area contributed by atoms with Crippen molar-refractivity contribution in [1.29, 1.82) is 0 Å². The van der Waals surface area contributed by atoms with Crippen LogP contribution in [0.1, 0.15) is 30.9 Å². The largest absolute Gasteiger partial charge is 0.396 e. The van der Waals surface area contributed by atoms with Gasteiger partial charge in [-0.3, -0.25) is 0 Å². The van der Waals surface area contributed by atoms with E-state index in [2.05, 4.69) is 42.3 Å². The molecule has 1 aliphatic rings. The van der Waals surface area contributed by atoms with Gasteiger partial charge in [-0.2, -0.15) is 0 Å². The zero-order valence-electron chi connectivity index (χ0n) is 12.2. The molecule has 3 nitrogen and oxygen atoms in total. The third kappa shape index (κ3) is 3.71. The molecule has 0 saturated carbocycles. The Morgan fingerprint density at radius 2 is 2.26 bits per heavy atom. The average molecular weight is 262 g/mol. The van der Waals surface area contributed by atoms with Gasteiger partial charge in [0, 0.05) is 37.8 Å². The van der Waals surface area contributed by atoms with Gasteiger partial charge in [0.2, 0.25) is 0 Å². The van der Waals surface area contributed by atoms with E-state index >= 15 is 0 Å². The maximum Gasteiger partial charge on any atom is 0.0476 e. The Hall–Kier alpha value is -1.06. The number of benzene rings is 1. The molecule has 1 saturated heterocycles. The van der Waals surface area contributed by atoms with E-state index in [9.17, 15) is 5.11 Å². The van der Waals surface area contributed by atoms with Crippen LogP contribution < -0.4 is 10.2 Å². The third-order valence-corrected chi connectivity index (χ3v) is 3.98. The number of anilines is 1. The second-order valence-electron chi connectivity index (χ2n) is 5.57. The quantitative estimate of drug-likeness (QED) is 0.772. The molecule has 2 rings (SSSR count). The molecule has 1 heterocycles. The van der Waals surface area contributed by atoms with Crippen molar-refractivity contribution in [2.45, 2.75) is 33.2 Å². The van der Waals surface area contributed by atoms with E-state index in [-0.39, 0.29) is 0 Å². The summed E-state index contributed by atoms with van der Waals surface area (Å²) >= 11 is 0. The molecule has 19 heavy (non-hydrogen) atoms. The van der Waals surface area contributed by atoms with E-state index in [1.165, 1.54) is 23.2 Å². The fourth-order valence-corrected chi connectivity index (χ4v) is 2.69. The predicted octanol–water partition coefficient (Wildman–Crippen LogP) is 2.31. The minimum atomic E-state index is 0.314. The Labute approximate surface area is 116 Å². The number of rotatable bonds is 6. The van der Waals surface area contributed by atoms with Crippen LogP contribution in [-0.4, -0.2) is 31.3 Å². The van der Waals surface area contributed by atoms with Gasteiger partial charge < -0.3 is 15.3 Å². The summed E-state index contributed by atoms with van der Waals surface area (Å²) in [5.41, 5.74) is 4.04. The number of aryl methyl sites for hydroxylation is 1. The van der Waals surface area contributed by atoms with Gasteiger partial charge in [0.15, 0.2) is 0 Å². The standard InChI is InChI=1S/C16H26N2O/c1-3-7-17-10-15-4-5-16(9-13(15)2)18-8-6-14(11-18)12-19/h4-5,9,14,17,19H,3,6-8,10-12H2,1-2H3. The van der Waals surface area contributed by atoms with E-state index < -0.39 is 0 Å². The summed E-state index contributed by atoms with van der Waals surface area (Å²) in [5.74, 6) is 0.450. The van der Waals surface area contributed by atoms with Crippen molar-refractivity contribution < 1.29 is 5.11 Å². The first-order valence-corrected chi connectivity index (χ1v) is 7.40. The summed E-state index contributed by atoms with van der Waals surface area (Å²) in [7, 11) is 0. The molecule has 2 N–H and O–H groups in total. The van der Waals surface area contributed by atoms with Crippen LogP contribution in [0.25, 0.3) is 0 Å². The van der Waals surface area contributed by atoms with E-state index in [1.54, 1.807) is 0 Å². The number of hydrogen-bond donors (Lipinski definition) is 2. The van der Waals surface area contributed by atoms with Crippen LogP contribution >= 0.6 is 0 Å². The maximum atomic E-state index is 9.21. The molecular weight excluding hydrogens is 236 g/mol. The lowest BCUT2D eigenvalue weighted by atomic mass is 10.1. The summed E-state index contributed by atoms with van der Waals surface area (Å²) in [6.07, 6.45) is 2.28. The number of nitrogens with zero attached hydrogens (tertiary/aromatic N) is 1. The highest BCUT2D eigenvalue weighted by molar-refractivity contribution is 5.51. The summed E-state index contributed by atoms with van der Waals surface area (Å²) in [6, 6.07) is 6.73. The van der Waals surface area contributed by atoms with Gasteiger partial charge in [0.05, 0.1) is 0 Å². The van der Waals surface area contributed by atoms with Gasteiger partial charge in [0.1, 0.15) is 0 Å². The highest BCUT2D eigenvalue weighted by Crippen LogP contribution is 2.25. The van der Waals surface area contributed by atoms with Crippen molar-refractivity contribution in [3.05, 3.63) is 29.3 Å². The molecule has 1 fully saturated rings. The van der Waals surface area contributed by atoms with Crippen molar-refractivity contribution in [2.75, 3.05) is 31.1 Å². The molecule has 1 atom stereocenters. The van der Waals surface area contributed by atoms with Crippen LogP contribution in [-0.2, 0) is 6.54 Å². The van der Waals surface area contributed by atoms with Crippen LogP contribution in [0.2, 0.25) is 0 Å². The average Bonchev–Trinajstić information content (AvgIpc) is 2.89. The van der Waals surface area contributed by atoms with Crippen LogP contribution in [0.4, 0.5) is 5.69 Å². The van der Waals surface area contributed by atoms with Crippen molar-refractivity contribution >= 4 is 5.69 Å². The molecule has 1 aromatic rings. The molecule has 0 radical (unpaired) electrons.